The Morgan fingerprint density at radius 1 is 0.600 bits per heavy atom. The number of aryl methyl sites for hydroxylation is 1. The first-order chi connectivity index (χ1) is 30.6. The number of thiol groups is 1. The highest BCUT2D eigenvalue weighted by molar-refractivity contribution is 9.11. The largest absolute Gasteiger partial charge is 0.326 e. The minimum absolute atomic E-state index is 0. The van der Waals surface area contributed by atoms with E-state index in [9.17, 15) is 8.42 Å². The summed E-state index contributed by atoms with van der Waals surface area (Å²) < 4.78 is 28.1. The highest BCUT2D eigenvalue weighted by Crippen LogP contribution is 2.36. The number of hydrogen-bond donors (Lipinski definition) is 2. The zero-order valence-electron chi connectivity index (χ0n) is 34.6. The molecule has 0 radical (unpaired) electrons. The Bertz CT molecular complexity index is 2970. The van der Waals surface area contributed by atoms with Gasteiger partial charge in [0.05, 0.1) is 19.5 Å². The molecule has 12 heteroatoms. The number of rotatable bonds is 9. The van der Waals surface area contributed by atoms with Gasteiger partial charge < -0.3 is 5.73 Å². The van der Waals surface area contributed by atoms with Crippen LogP contribution in [0.15, 0.2) is 227 Å². The monoisotopic (exact) mass is 1050 g/mol. The molecule has 0 aliphatic heterocycles. The molecule has 9 aromatic rings. The van der Waals surface area contributed by atoms with E-state index < -0.39 is 9.84 Å². The van der Waals surface area contributed by atoms with E-state index in [0.717, 1.165) is 36.1 Å². The quantitative estimate of drug-likeness (QED) is 0.112. The second-order valence-corrected chi connectivity index (χ2v) is 22.3. The summed E-state index contributed by atoms with van der Waals surface area (Å²) in [4.78, 5) is 8.15. The van der Waals surface area contributed by atoms with Crippen molar-refractivity contribution in [3.05, 3.63) is 225 Å². The lowest BCUT2D eigenvalue weighted by Crippen LogP contribution is -1.99. The standard InChI is InChI=1S/C18H16S2.C17H15NO2S2.C12H10S.C5H2BrNS.CH4.ClH/c1-2-16-11-12-18(19-16)20-17-10-6-9-15(13-17)14-7-4-3-5-8-14;18-12-15-9-10-17(21-15)22(19,20)16-8-4-7-14(11-16)13-5-2-1-3-6-13;13-12-8-4-7-11(9-12)10-5-2-1-3-6-10;1-7-5-3-2-4(6)8-5;;/h3-13H,2H2,1H3;1-11H,12,18H2;1-9,13H;2-3H;1H4;1H. The van der Waals surface area contributed by atoms with Crippen molar-refractivity contribution in [2.24, 2.45) is 5.73 Å². The molecule has 6 aromatic carbocycles. The normalized spacial score (nSPS) is 10.2. The summed E-state index contributed by atoms with van der Waals surface area (Å²) >= 11 is 14.0. The van der Waals surface area contributed by atoms with E-state index >= 15 is 0 Å². The van der Waals surface area contributed by atoms with Gasteiger partial charge in [-0.15, -0.1) is 59.0 Å². The van der Waals surface area contributed by atoms with E-state index in [2.05, 4.69) is 131 Å². The van der Waals surface area contributed by atoms with Crippen molar-refractivity contribution in [2.75, 3.05) is 0 Å². The molecule has 2 N–H and O–H groups in total. The van der Waals surface area contributed by atoms with Crippen LogP contribution in [0.25, 0.3) is 38.2 Å². The lowest BCUT2D eigenvalue weighted by molar-refractivity contribution is 0.598. The van der Waals surface area contributed by atoms with Gasteiger partial charge in [-0.2, -0.15) is 0 Å². The van der Waals surface area contributed by atoms with Crippen molar-refractivity contribution in [1.82, 2.24) is 0 Å². The first-order valence-electron chi connectivity index (χ1n) is 19.7. The van der Waals surface area contributed by atoms with Gasteiger partial charge in [0.1, 0.15) is 4.21 Å². The summed E-state index contributed by atoms with van der Waals surface area (Å²) in [6.45, 7) is 9.13. The number of nitrogens with zero attached hydrogens (tertiary/aromatic N) is 1. The van der Waals surface area contributed by atoms with E-state index in [1.54, 1.807) is 36.4 Å². The Kier molecular flexibility index (Phi) is 22.0. The van der Waals surface area contributed by atoms with Crippen molar-refractivity contribution >= 4 is 102 Å². The van der Waals surface area contributed by atoms with Crippen LogP contribution in [0, 0.1) is 6.57 Å². The van der Waals surface area contributed by atoms with Crippen LogP contribution >= 0.6 is 86.7 Å². The van der Waals surface area contributed by atoms with Crippen LogP contribution in [0.5, 0.6) is 0 Å². The van der Waals surface area contributed by atoms with Gasteiger partial charge >= 0.3 is 0 Å². The summed E-state index contributed by atoms with van der Waals surface area (Å²) in [6.07, 6.45) is 1.12. The lowest BCUT2D eigenvalue weighted by atomic mass is 10.1. The minimum atomic E-state index is -3.50. The predicted molar refractivity (Wildman–Crippen MR) is 291 cm³/mol. The number of sulfone groups is 1. The number of hydrogen-bond acceptors (Lipinski definition) is 8. The van der Waals surface area contributed by atoms with Gasteiger partial charge in [0, 0.05) is 26.1 Å². The highest BCUT2D eigenvalue weighted by Gasteiger charge is 2.20. The fourth-order valence-corrected chi connectivity index (χ4v) is 12.2. The van der Waals surface area contributed by atoms with Crippen LogP contribution in [-0.2, 0) is 22.8 Å². The Balaban J connectivity index is 0.000000198. The van der Waals surface area contributed by atoms with Crippen LogP contribution in [0.2, 0.25) is 0 Å². The molecule has 3 aromatic heterocycles. The molecule has 0 atom stereocenters. The molecule has 0 unspecified atom stereocenters. The van der Waals surface area contributed by atoms with E-state index in [4.69, 9.17) is 12.3 Å². The maximum atomic E-state index is 12.7. The van der Waals surface area contributed by atoms with Crippen LogP contribution in [0.4, 0.5) is 5.00 Å². The van der Waals surface area contributed by atoms with E-state index in [1.807, 2.05) is 95.9 Å². The summed E-state index contributed by atoms with van der Waals surface area (Å²) in [6, 6.07) is 66.0. The molecule has 0 bridgehead atoms. The second kappa shape index (κ2) is 27.1. The number of halogens is 2. The SMILES string of the molecule is C.CCc1ccc(Sc2cccc(-c3ccccc3)c2)s1.Cl.NCc1ccc(S(=O)(=O)c2cccc(-c3ccccc3)c2)s1.Sc1cccc(-c2ccccc2)c1.[C-]#[N+]c1ccc(Br)s1. The van der Waals surface area contributed by atoms with Crippen LogP contribution in [0.1, 0.15) is 24.1 Å². The molecule has 0 fully saturated rings. The lowest BCUT2D eigenvalue weighted by Gasteiger charge is -2.06. The molecule has 0 aliphatic rings. The van der Waals surface area contributed by atoms with Crippen LogP contribution in [-0.4, -0.2) is 8.42 Å². The molecular formula is C53H48BrClN2O2S6. The Hall–Kier alpha value is -4.71. The van der Waals surface area contributed by atoms with Gasteiger partial charge in [0.2, 0.25) is 14.8 Å². The van der Waals surface area contributed by atoms with Crippen molar-refractivity contribution in [2.45, 2.75) is 50.4 Å². The molecule has 0 aliphatic carbocycles. The first-order valence-corrected chi connectivity index (χ1v) is 25.7. The van der Waals surface area contributed by atoms with Crippen LogP contribution in [0.3, 0.4) is 0 Å². The zero-order chi connectivity index (χ0) is 44.4. The van der Waals surface area contributed by atoms with Crippen molar-refractivity contribution in [3.8, 4) is 33.4 Å². The number of benzene rings is 6. The number of nitrogens with two attached hydrogens (primary N) is 1. The first kappa shape index (κ1) is 52.9. The molecule has 4 nitrogen and oxygen atoms in total. The molecule has 0 amide bonds. The molecule has 332 valence electrons. The third kappa shape index (κ3) is 16.0. The Morgan fingerprint density at radius 3 is 1.60 bits per heavy atom. The molecule has 65 heavy (non-hydrogen) atoms. The fraction of sp³-hybridized carbons (Fsp3) is 0.0755. The third-order valence-electron chi connectivity index (χ3n) is 9.12. The van der Waals surface area contributed by atoms with E-state index in [1.165, 1.54) is 58.9 Å². The van der Waals surface area contributed by atoms with Gasteiger partial charge in [-0.25, -0.2) is 13.3 Å². The molecule has 9 rings (SSSR count). The van der Waals surface area contributed by atoms with Gasteiger partial charge in [0.15, 0.2) is 0 Å². The van der Waals surface area contributed by atoms with Gasteiger partial charge in [-0.05, 0) is 129 Å². The zero-order valence-corrected chi connectivity index (χ0v) is 42.0. The summed E-state index contributed by atoms with van der Waals surface area (Å²) in [5, 5.41) is 0.733. The average molecular weight is 1050 g/mol. The fourth-order valence-electron chi connectivity index (χ4n) is 5.97. The Morgan fingerprint density at radius 2 is 1.12 bits per heavy atom. The highest BCUT2D eigenvalue weighted by atomic mass is 79.9. The van der Waals surface area contributed by atoms with Gasteiger partial charge in [-0.3, -0.25) is 0 Å². The minimum Gasteiger partial charge on any atom is -0.326 e. The molecule has 3 heterocycles. The van der Waals surface area contributed by atoms with Crippen LogP contribution < -0.4 is 5.73 Å². The summed E-state index contributed by atoms with van der Waals surface area (Å²) in [5.41, 5.74) is 12.4. The average Bonchev–Trinajstić information content (AvgIpc) is 4.13. The number of thiophene rings is 3. The van der Waals surface area contributed by atoms with Gasteiger partial charge in [-0.1, -0.05) is 154 Å². The molecular weight excluding hydrogens is 1000 g/mol. The van der Waals surface area contributed by atoms with Gasteiger partial charge in [0.25, 0.3) is 0 Å². The molecule has 0 saturated heterocycles. The topological polar surface area (TPSA) is 64.5 Å². The van der Waals surface area contributed by atoms with Crippen molar-refractivity contribution in [1.29, 1.82) is 0 Å². The second-order valence-electron chi connectivity index (χ2n) is 13.5. The van der Waals surface area contributed by atoms with E-state index in [0.29, 0.717) is 15.6 Å². The summed E-state index contributed by atoms with van der Waals surface area (Å²) in [5.74, 6) is 0. The third-order valence-corrected chi connectivity index (χ3v) is 16.6. The van der Waals surface area contributed by atoms with Crippen molar-refractivity contribution in [3.63, 3.8) is 0 Å². The molecule has 0 saturated carbocycles. The summed E-state index contributed by atoms with van der Waals surface area (Å²) in [7, 11) is -3.50. The smallest absolute Gasteiger partial charge is 0.242 e. The van der Waals surface area contributed by atoms with Crippen molar-refractivity contribution < 1.29 is 8.42 Å². The maximum Gasteiger partial charge on any atom is 0.242 e. The molecule has 0 spiro atoms. The Labute approximate surface area is 421 Å². The van der Waals surface area contributed by atoms with E-state index in [-0.39, 0.29) is 19.8 Å². The maximum absolute atomic E-state index is 12.7. The predicted octanol–water partition coefficient (Wildman–Crippen LogP) is 17.6.